The van der Waals surface area contributed by atoms with E-state index in [1.807, 2.05) is 0 Å². The summed E-state index contributed by atoms with van der Waals surface area (Å²) in [5.41, 5.74) is 15.5. The van der Waals surface area contributed by atoms with Gasteiger partial charge in [-0.2, -0.15) is 0 Å². The summed E-state index contributed by atoms with van der Waals surface area (Å²) in [5, 5.41) is 16.0. The van der Waals surface area contributed by atoms with Crippen LogP contribution >= 0.6 is 0 Å². The van der Waals surface area contributed by atoms with Crippen LogP contribution in [0.25, 0.3) is 0 Å². The fraction of sp³-hybridized carbons (Fsp3) is 0.667. The number of rotatable bonds is 14. The van der Waals surface area contributed by atoms with Crippen LogP contribution in [0.3, 0.4) is 0 Å². The third-order valence-corrected chi connectivity index (χ3v) is 3.52. The van der Waals surface area contributed by atoms with Gasteiger partial charge in [0.2, 0.25) is 23.6 Å². The molecule has 2 atom stereocenters. The second-order valence-corrected chi connectivity index (χ2v) is 5.79. The maximum absolute atomic E-state index is 12.1. The largest absolute Gasteiger partial charge is 0.480 e. The van der Waals surface area contributed by atoms with Crippen LogP contribution in [0.4, 0.5) is 0 Å². The van der Waals surface area contributed by atoms with Gasteiger partial charge in [0, 0.05) is 6.42 Å². The molecular weight excluding hydrogens is 360 g/mol. The summed E-state index contributed by atoms with van der Waals surface area (Å²) in [5.74, 6) is -3.89. The molecule has 0 radical (unpaired) electrons. The van der Waals surface area contributed by atoms with Crippen molar-refractivity contribution in [3.8, 4) is 0 Å². The minimum atomic E-state index is -1.19. The van der Waals surface area contributed by atoms with Gasteiger partial charge in [0.25, 0.3) is 0 Å². The van der Waals surface area contributed by atoms with E-state index in [1.165, 1.54) is 0 Å². The third-order valence-electron chi connectivity index (χ3n) is 3.52. The average Bonchev–Trinajstić information content (AvgIpc) is 2.61. The van der Waals surface area contributed by atoms with E-state index in [2.05, 4.69) is 16.0 Å². The third kappa shape index (κ3) is 11.5. The molecule has 0 aliphatic rings. The van der Waals surface area contributed by atoms with E-state index in [0.717, 1.165) is 0 Å². The molecule has 4 amide bonds. The highest BCUT2D eigenvalue weighted by Gasteiger charge is 2.23. The Morgan fingerprint density at radius 1 is 0.889 bits per heavy atom. The Hall–Kier alpha value is -2.73. The number of carbonyl (C=O) groups excluding carboxylic acids is 4. The molecule has 0 saturated heterocycles. The van der Waals surface area contributed by atoms with E-state index in [1.54, 1.807) is 0 Å². The number of hydrogen-bond acceptors (Lipinski definition) is 7. The summed E-state index contributed by atoms with van der Waals surface area (Å²) in [4.78, 5) is 57.4. The van der Waals surface area contributed by atoms with Gasteiger partial charge in [0.15, 0.2) is 0 Å². The Labute approximate surface area is 156 Å². The molecule has 0 aromatic heterocycles. The number of unbranched alkanes of at least 4 members (excludes halogenated alkanes) is 1. The van der Waals surface area contributed by atoms with Crippen molar-refractivity contribution in [1.82, 2.24) is 16.0 Å². The summed E-state index contributed by atoms with van der Waals surface area (Å²) in [6.07, 6.45) is 1.14. The van der Waals surface area contributed by atoms with Crippen molar-refractivity contribution in [3.05, 3.63) is 0 Å². The van der Waals surface area contributed by atoms with Gasteiger partial charge < -0.3 is 38.3 Å². The number of primary amides is 1. The van der Waals surface area contributed by atoms with Crippen molar-refractivity contribution in [1.29, 1.82) is 0 Å². The first-order chi connectivity index (χ1) is 12.7. The Balaban J connectivity index is 4.60. The van der Waals surface area contributed by atoms with Crippen molar-refractivity contribution in [2.75, 3.05) is 19.6 Å². The quantitative estimate of drug-likeness (QED) is 0.148. The van der Waals surface area contributed by atoms with E-state index >= 15 is 0 Å². The molecule has 27 heavy (non-hydrogen) atoms. The normalized spacial score (nSPS) is 12.5. The maximum atomic E-state index is 12.1. The minimum Gasteiger partial charge on any atom is -0.480 e. The molecule has 10 N–H and O–H groups in total. The molecule has 0 aromatic rings. The highest BCUT2D eigenvalue weighted by Crippen LogP contribution is 2.01. The zero-order valence-electron chi connectivity index (χ0n) is 15.0. The lowest BCUT2D eigenvalue weighted by Crippen LogP contribution is -2.51. The van der Waals surface area contributed by atoms with E-state index in [9.17, 15) is 24.0 Å². The van der Waals surface area contributed by atoms with E-state index < -0.39 is 48.2 Å². The zero-order valence-corrected chi connectivity index (χ0v) is 15.0. The number of amides is 4. The number of hydrogen-bond donors (Lipinski definition) is 7. The number of nitrogens with two attached hydrogens (primary N) is 3. The first-order valence-electron chi connectivity index (χ1n) is 8.48. The lowest BCUT2D eigenvalue weighted by molar-refractivity contribution is -0.142. The number of carbonyl (C=O) groups is 5. The number of carboxylic acid groups (broad SMARTS) is 1. The molecule has 0 aromatic carbocycles. The fourth-order valence-electron chi connectivity index (χ4n) is 2.09. The van der Waals surface area contributed by atoms with Crippen molar-refractivity contribution < 1.29 is 29.1 Å². The predicted molar refractivity (Wildman–Crippen MR) is 94.9 cm³/mol. The van der Waals surface area contributed by atoms with E-state index in [0.29, 0.717) is 19.4 Å². The maximum Gasteiger partial charge on any atom is 0.326 e. The molecule has 0 aliphatic heterocycles. The smallest absolute Gasteiger partial charge is 0.326 e. The average molecular weight is 388 g/mol. The van der Waals surface area contributed by atoms with Crippen LogP contribution in [0.15, 0.2) is 0 Å². The lowest BCUT2D eigenvalue weighted by atomic mass is 10.1. The molecule has 2 unspecified atom stereocenters. The highest BCUT2D eigenvalue weighted by molar-refractivity contribution is 5.92. The first-order valence-corrected chi connectivity index (χ1v) is 8.48. The summed E-state index contributed by atoms with van der Waals surface area (Å²) in [6, 6.07) is -2.19. The van der Waals surface area contributed by atoms with Crippen LogP contribution in [-0.2, 0) is 24.0 Å². The molecular formula is C15H28N6O6. The van der Waals surface area contributed by atoms with E-state index in [-0.39, 0.29) is 25.8 Å². The Morgan fingerprint density at radius 2 is 1.52 bits per heavy atom. The summed E-state index contributed by atoms with van der Waals surface area (Å²) < 4.78 is 0. The Morgan fingerprint density at radius 3 is 2.04 bits per heavy atom. The van der Waals surface area contributed by atoms with Gasteiger partial charge in [-0.05, 0) is 32.2 Å². The SMILES string of the molecule is NCCCCC(NC(=O)CNC(=O)C(CCC(N)=O)NC(=O)CN)C(=O)O. The molecule has 0 saturated carbocycles. The van der Waals surface area contributed by atoms with E-state index in [4.69, 9.17) is 22.3 Å². The summed E-state index contributed by atoms with van der Waals surface area (Å²) in [7, 11) is 0. The van der Waals surface area contributed by atoms with Crippen LogP contribution < -0.4 is 33.2 Å². The van der Waals surface area contributed by atoms with Crippen molar-refractivity contribution in [2.24, 2.45) is 17.2 Å². The Kier molecular flexibility index (Phi) is 12.1. The second kappa shape index (κ2) is 13.5. The van der Waals surface area contributed by atoms with Gasteiger partial charge >= 0.3 is 5.97 Å². The van der Waals surface area contributed by atoms with Crippen LogP contribution in [0.2, 0.25) is 0 Å². The van der Waals surface area contributed by atoms with Gasteiger partial charge in [-0.25, -0.2) is 4.79 Å². The molecule has 0 heterocycles. The number of nitrogens with one attached hydrogen (secondary N) is 3. The standard InChI is InChI=1S/C15H28N6O6/c16-6-2-1-3-10(15(26)27)21-13(24)8-19-14(25)9(4-5-11(18)22)20-12(23)7-17/h9-10H,1-8,16-17H2,(H2,18,22)(H,19,25)(H,20,23)(H,21,24)(H,26,27). The molecule has 12 nitrogen and oxygen atoms in total. The van der Waals surface area contributed by atoms with Crippen LogP contribution in [0.1, 0.15) is 32.1 Å². The first kappa shape index (κ1) is 24.3. The monoisotopic (exact) mass is 388 g/mol. The summed E-state index contributed by atoms with van der Waals surface area (Å²) >= 11 is 0. The molecule has 0 spiro atoms. The molecule has 0 bridgehead atoms. The van der Waals surface area contributed by atoms with Crippen LogP contribution in [0, 0.1) is 0 Å². The van der Waals surface area contributed by atoms with Crippen LogP contribution in [0.5, 0.6) is 0 Å². The van der Waals surface area contributed by atoms with Gasteiger partial charge in [0.1, 0.15) is 12.1 Å². The molecule has 154 valence electrons. The Bertz CT molecular complexity index is 541. The molecule has 0 rings (SSSR count). The summed E-state index contributed by atoms with van der Waals surface area (Å²) in [6.45, 7) is -0.438. The predicted octanol–water partition coefficient (Wildman–Crippen LogP) is -3.49. The molecule has 12 heteroatoms. The minimum absolute atomic E-state index is 0.0641. The molecule has 0 fully saturated rings. The van der Waals surface area contributed by atoms with Crippen LogP contribution in [-0.4, -0.2) is 66.4 Å². The number of carboxylic acids is 1. The second-order valence-electron chi connectivity index (χ2n) is 5.79. The van der Waals surface area contributed by atoms with Gasteiger partial charge in [-0.15, -0.1) is 0 Å². The molecule has 0 aliphatic carbocycles. The number of aliphatic carboxylic acids is 1. The van der Waals surface area contributed by atoms with Crippen molar-refractivity contribution in [2.45, 2.75) is 44.2 Å². The van der Waals surface area contributed by atoms with Gasteiger partial charge in [-0.1, -0.05) is 0 Å². The zero-order chi connectivity index (χ0) is 20.8. The highest BCUT2D eigenvalue weighted by atomic mass is 16.4. The topological polar surface area (TPSA) is 220 Å². The van der Waals surface area contributed by atoms with Crippen molar-refractivity contribution in [3.63, 3.8) is 0 Å². The van der Waals surface area contributed by atoms with Crippen molar-refractivity contribution >= 4 is 29.6 Å². The fourth-order valence-corrected chi connectivity index (χ4v) is 2.09. The van der Waals surface area contributed by atoms with Gasteiger partial charge in [0.05, 0.1) is 13.1 Å². The van der Waals surface area contributed by atoms with Gasteiger partial charge in [-0.3, -0.25) is 19.2 Å². The lowest BCUT2D eigenvalue weighted by Gasteiger charge is -2.18.